The minimum atomic E-state index is 0. The van der Waals surface area contributed by atoms with Gasteiger partial charge in [0.25, 0.3) is 0 Å². The third kappa shape index (κ3) is 15.2. The average molecular weight is 502 g/mol. The van der Waals surface area contributed by atoms with Crippen LogP contribution in [-0.2, 0) is 21.7 Å². The van der Waals surface area contributed by atoms with Crippen LogP contribution >= 0.6 is 0 Å². The largest absolute Gasteiger partial charge is 2.00 e. The van der Waals surface area contributed by atoms with Crippen molar-refractivity contribution in [2.75, 3.05) is 0 Å². The second-order valence-electron chi connectivity index (χ2n) is 7.50. The third-order valence-corrected chi connectivity index (χ3v) is 5.43. The average Bonchev–Trinajstić information content (AvgIpc) is 2.86. The first-order valence-electron chi connectivity index (χ1n) is 10.0. The van der Waals surface area contributed by atoms with Crippen molar-refractivity contribution < 1.29 is 46.5 Å². The summed E-state index contributed by atoms with van der Waals surface area (Å²) in [5.74, 6) is 0. The number of rotatable bonds is 0. The van der Waals surface area contributed by atoms with Crippen LogP contribution in [-0.4, -0.2) is 17.0 Å². The van der Waals surface area contributed by atoms with Crippen LogP contribution in [0.25, 0.3) is 16.5 Å². The van der Waals surface area contributed by atoms with E-state index in [0.717, 1.165) is 12.8 Å². The van der Waals surface area contributed by atoms with Crippen LogP contribution < -0.4 is 24.8 Å². The van der Waals surface area contributed by atoms with Crippen molar-refractivity contribution in [2.24, 2.45) is 0 Å². The zero-order valence-electron chi connectivity index (χ0n) is 19.5. The number of fused-ring (bicyclic) bond motifs is 1. The van der Waals surface area contributed by atoms with Crippen molar-refractivity contribution in [3.05, 3.63) is 62.0 Å². The third-order valence-electron chi connectivity index (χ3n) is 5.43. The Morgan fingerprint density at radius 2 is 1.17 bits per heavy atom. The van der Waals surface area contributed by atoms with E-state index in [0.29, 0.717) is 0 Å². The molecule has 1 aliphatic rings. The van der Waals surface area contributed by atoms with E-state index in [4.69, 9.17) is 5.73 Å². The maximum Gasteiger partial charge on any atom is 2.00 e. The van der Waals surface area contributed by atoms with E-state index >= 15 is 0 Å². The Morgan fingerprint density at radius 3 is 1.60 bits per heavy atom. The quantitative estimate of drug-likeness (QED) is 0.391. The van der Waals surface area contributed by atoms with E-state index in [1.807, 2.05) is 0 Å². The molecule has 30 heavy (non-hydrogen) atoms. The number of halogens is 2. The molecule has 0 heterocycles. The standard InChI is InChI=1S/C12H24N.C11H11.2CH3.2ClH.Si.Ti/c13-12-10-8-6-4-2-1-3-5-7-9-11-12;1-8-7-10-5-3-4-6-11(10)9(8)2;;;;;;/h12-13H,1-11H2;3-7H,1-2H3;2*1H3;2*1H;;/q4*-1;;;;+2/p-2. The Hall–Kier alpha value is 0.301. The molecule has 0 aliphatic heterocycles. The Kier molecular flexibility index (Phi) is 32.4. The molecule has 0 atom stereocenters. The van der Waals surface area contributed by atoms with Crippen molar-refractivity contribution >= 4 is 21.7 Å². The molecule has 4 radical (unpaired) electrons. The van der Waals surface area contributed by atoms with Gasteiger partial charge in [-0.2, -0.15) is 5.56 Å². The number of hydrogen-bond donors (Lipinski definition) is 0. The van der Waals surface area contributed by atoms with Crippen molar-refractivity contribution in [3.8, 4) is 0 Å². The number of nitrogens with one attached hydrogen (secondary N) is 1. The summed E-state index contributed by atoms with van der Waals surface area (Å²) < 4.78 is 0. The van der Waals surface area contributed by atoms with Crippen LogP contribution in [0.4, 0.5) is 0 Å². The molecule has 0 unspecified atom stereocenters. The van der Waals surface area contributed by atoms with Gasteiger partial charge in [0, 0.05) is 11.0 Å². The predicted molar refractivity (Wildman–Crippen MR) is 126 cm³/mol. The van der Waals surface area contributed by atoms with Gasteiger partial charge in [-0.15, -0.1) is 46.6 Å². The molecular formula is C25H41Cl2NSiTi-4. The van der Waals surface area contributed by atoms with Crippen LogP contribution in [0.2, 0.25) is 0 Å². The molecule has 0 spiro atoms. The molecule has 2 aromatic carbocycles. The van der Waals surface area contributed by atoms with E-state index in [2.05, 4.69) is 44.2 Å². The normalized spacial score (nSPS) is 14.6. The summed E-state index contributed by atoms with van der Waals surface area (Å²) in [5.41, 5.74) is 10.6. The van der Waals surface area contributed by atoms with E-state index in [1.165, 1.54) is 79.7 Å². The van der Waals surface area contributed by atoms with Gasteiger partial charge in [0.05, 0.1) is 0 Å². The number of hydrogen-bond acceptors (Lipinski definition) is 0. The second kappa shape index (κ2) is 24.0. The van der Waals surface area contributed by atoms with Gasteiger partial charge in [0.1, 0.15) is 0 Å². The van der Waals surface area contributed by atoms with Crippen LogP contribution in [0, 0.1) is 28.7 Å². The van der Waals surface area contributed by atoms with Gasteiger partial charge in [-0.3, -0.25) is 0 Å². The van der Waals surface area contributed by atoms with Gasteiger partial charge in [-0.1, -0.05) is 90.5 Å². The zero-order valence-corrected chi connectivity index (χ0v) is 23.6. The summed E-state index contributed by atoms with van der Waals surface area (Å²) in [6.45, 7) is 4.34. The summed E-state index contributed by atoms with van der Waals surface area (Å²) in [6.07, 6.45) is 14.8. The molecule has 0 aromatic heterocycles. The zero-order chi connectivity index (χ0) is 17.2. The molecule has 3 rings (SSSR count). The smallest absolute Gasteiger partial charge is 1.00 e. The minimum Gasteiger partial charge on any atom is -1.00 e. The summed E-state index contributed by atoms with van der Waals surface area (Å²) in [5, 5.41) is 2.76. The molecule has 5 heteroatoms. The van der Waals surface area contributed by atoms with Gasteiger partial charge in [-0.05, 0) is 0 Å². The molecule has 172 valence electrons. The van der Waals surface area contributed by atoms with E-state index in [-0.39, 0.29) is 78.4 Å². The maximum absolute atomic E-state index is 7.80. The first kappa shape index (κ1) is 40.6. The molecule has 1 N–H and O–H groups in total. The van der Waals surface area contributed by atoms with E-state index < -0.39 is 0 Å². The molecule has 1 nitrogen and oxygen atoms in total. The van der Waals surface area contributed by atoms with Crippen molar-refractivity contribution in [2.45, 2.75) is 90.5 Å². The fourth-order valence-electron chi connectivity index (χ4n) is 3.68. The van der Waals surface area contributed by atoms with Crippen LogP contribution in [0.3, 0.4) is 0 Å². The van der Waals surface area contributed by atoms with Crippen LogP contribution in [0.15, 0.2) is 30.3 Å². The molecular weight excluding hydrogens is 461 g/mol. The number of aryl methyl sites for hydroxylation is 2. The Morgan fingerprint density at radius 1 is 0.767 bits per heavy atom. The summed E-state index contributed by atoms with van der Waals surface area (Å²) >= 11 is 0. The summed E-state index contributed by atoms with van der Waals surface area (Å²) in [7, 11) is 0. The molecule has 1 saturated carbocycles. The van der Waals surface area contributed by atoms with E-state index in [1.54, 1.807) is 0 Å². The monoisotopic (exact) mass is 501 g/mol. The van der Waals surface area contributed by atoms with Gasteiger partial charge in [0.2, 0.25) is 0 Å². The first-order chi connectivity index (χ1) is 11.7. The molecule has 1 aliphatic carbocycles. The van der Waals surface area contributed by atoms with Gasteiger partial charge < -0.3 is 45.4 Å². The topological polar surface area (TPSA) is 23.8 Å². The number of benzene rings is 1. The van der Waals surface area contributed by atoms with Crippen molar-refractivity contribution in [3.63, 3.8) is 0 Å². The van der Waals surface area contributed by atoms with Crippen molar-refractivity contribution in [1.82, 2.24) is 0 Å². The first-order valence-corrected chi connectivity index (χ1v) is 10.0. The fraction of sp³-hybridized carbons (Fsp3) is 0.560. The Bertz CT molecular complexity index is 592. The summed E-state index contributed by atoms with van der Waals surface area (Å²) in [4.78, 5) is 0. The molecule has 0 saturated heterocycles. The SMILES string of the molecule is Cc1[cH-]c2ccccc2c1C.[CH3-].[CH3-].[Cl-].[Cl-].[NH-]C1CCCCCCCCCCC1.[Si].[Ti+2]. The predicted octanol–water partition coefficient (Wildman–Crippen LogP) is 2.41. The Balaban J connectivity index is -0.000000116. The fourth-order valence-corrected chi connectivity index (χ4v) is 3.68. The molecule has 1 fully saturated rings. The molecule has 0 amide bonds. The van der Waals surface area contributed by atoms with Gasteiger partial charge >= 0.3 is 21.7 Å². The van der Waals surface area contributed by atoms with Gasteiger partial charge in [-0.25, -0.2) is 0 Å². The minimum absolute atomic E-state index is 0. The molecule has 0 bridgehead atoms. The maximum atomic E-state index is 7.80. The van der Waals surface area contributed by atoms with Crippen LogP contribution in [0.1, 0.15) is 81.8 Å². The summed E-state index contributed by atoms with van der Waals surface area (Å²) in [6, 6.07) is 11.0. The van der Waals surface area contributed by atoms with Gasteiger partial charge in [0.15, 0.2) is 0 Å². The Labute approximate surface area is 219 Å². The van der Waals surface area contributed by atoms with E-state index in [9.17, 15) is 0 Å². The van der Waals surface area contributed by atoms with Crippen LogP contribution in [0.5, 0.6) is 0 Å². The van der Waals surface area contributed by atoms with Crippen molar-refractivity contribution in [1.29, 1.82) is 0 Å². The molecule has 2 aromatic rings. The second-order valence-corrected chi connectivity index (χ2v) is 7.50.